The molecule has 0 saturated carbocycles. The summed E-state index contributed by atoms with van der Waals surface area (Å²) in [6.07, 6.45) is 3.36. The monoisotopic (exact) mass is 140 g/mol. The van der Waals surface area contributed by atoms with Crippen molar-refractivity contribution >= 4 is 5.69 Å². The molecule has 4 nitrogen and oxygen atoms in total. The van der Waals surface area contributed by atoms with Crippen molar-refractivity contribution in [3.05, 3.63) is 23.7 Å². The second kappa shape index (κ2) is 2.72. The zero-order chi connectivity index (χ0) is 7.56. The molecule has 1 rings (SSSR count). The van der Waals surface area contributed by atoms with E-state index in [4.69, 9.17) is 0 Å². The molecule has 10 heavy (non-hydrogen) atoms. The summed E-state index contributed by atoms with van der Waals surface area (Å²) in [5, 5.41) is 13.3. The van der Waals surface area contributed by atoms with E-state index in [1.807, 2.05) is 0 Å². The van der Waals surface area contributed by atoms with Gasteiger partial charge in [0.2, 0.25) is 0 Å². The third-order valence-corrected chi connectivity index (χ3v) is 1.17. The highest BCUT2D eigenvalue weighted by Gasteiger charge is 1.94. The van der Waals surface area contributed by atoms with Crippen LogP contribution in [0.1, 0.15) is 0 Å². The van der Waals surface area contributed by atoms with Crippen LogP contribution < -0.4 is 5.17 Å². The quantitative estimate of drug-likeness (QED) is 0.618. The first-order chi connectivity index (χ1) is 4.72. The topological polar surface area (TPSA) is 45.3 Å². The first-order valence-corrected chi connectivity index (χ1v) is 2.99. The van der Waals surface area contributed by atoms with Crippen LogP contribution in [0.5, 0.6) is 0 Å². The van der Waals surface area contributed by atoms with E-state index in [0.29, 0.717) is 5.69 Å². The second-order valence-corrected chi connectivity index (χ2v) is 2.19. The fraction of sp³-hybridized carbons (Fsp3) is 0.333. The SMILES string of the molecule is CN(C)N([O-])c1cc[nH]c1. The molecule has 0 fully saturated rings. The van der Waals surface area contributed by atoms with Crippen LogP contribution in [0.4, 0.5) is 5.69 Å². The number of hydrogen-bond acceptors (Lipinski definition) is 3. The minimum absolute atomic E-state index is 0.616. The van der Waals surface area contributed by atoms with Crippen LogP contribution in [0.3, 0.4) is 0 Å². The van der Waals surface area contributed by atoms with Gasteiger partial charge in [-0.25, -0.2) is 5.01 Å². The van der Waals surface area contributed by atoms with Crippen LogP contribution in [0.2, 0.25) is 0 Å². The summed E-state index contributed by atoms with van der Waals surface area (Å²) in [6.45, 7) is 0. The molecule has 4 heteroatoms. The molecular formula is C6H10N3O-. The minimum Gasteiger partial charge on any atom is -0.743 e. The number of hydrazine groups is 1. The Morgan fingerprint density at radius 2 is 2.20 bits per heavy atom. The van der Waals surface area contributed by atoms with Crippen molar-refractivity contribution in [2.45, 2.75) is 0 Å². The van der Waals surface area contributed by atoms with Crippen LogP contribution >= 0.6 is 0 Å². The molecule has 0 bridgehead atoms. The number of H-pyrrole nitrogens is 1. The summed E-state index contributed by atoms with van der Waals surface area (Å²) in [5.74, 6) is 0. The Morgan fingerprint density at radius 1 is 1.50 bits per heavy atom. The summed E-state index contributed by atoms with van der Waals surface area (Å²) >= 11 is 0. The predicted octanol–water partition coefficient (Wildman–Crippen LogP) is 0.796. The maximum Gasteiger partial charge on any atom is 0.0584 e. The number of aromatic nitrogens is 1. The number of hydrogen-bond donors (Lipinski definition) is 1. The normalized spacial score (nSPS) is 10.4. The Morgan fingerprint density at radius 3 is 2.60 bits per heavy atom. The van der Waals surface area contributed by atoms with Gasteiger partial charge in [-0.1, -0.05) is 0 Å². The van der Waals surface area contributed by atoms with Gasteiger partial charge in [-0.05, 0) is 6.07 Å². The van der Waals surface area contributed by atoms with Gasteiger partial charge in [0.05, 0.1) is 5.69 Å². The molecule has 0 saturated heterocycles. The van der Waals surface area contributed by atoms with Crippen molar-refractivity contribution in [3.8, 4) is 0 Å². The lowest BCUT2D eigenvalue weighted by Gasteiger charge is -2.35. The number of nitrogens with zero attached hydrogens (tertiary/aromatic N) is 2. The first kappa shape index (κ1) is 7.11. The summed E-state index contributed by atoms with van der Waals surface area (Å²) in [4.78, 5) is 2.80. The molecule has 0 aliphatic rings. The molecule has 0 atom stereocenters. The molecular weight excluding hydrogens is 130 g/mol. The fourth-order valence-electron chi connectivity index (χ4n) is 0.665. The van der Waals surface area contributed by atoms with Gasteiger partial charge in [0, 0.05) is 26.5 Å². The Hall–Kier alpha value is -1.00. The molecule has 0 aliphatic heterocycles. The van der Waals surface area contributed by atoms with Crippen molar-refractivity contribution in [3.63, 3.8) is 0 Å². The Kier molecular flexibility index (Phi) is 1.94. The number of rotatable bonds is 2. The van der Waals surface area contributed by atoms with E-state index in [1.165, 1.54) is 5.01 Å². The van der Waals surface area contributed by atoms with Crippen molar-refractivity contribution in [1.82, 2.24) is 9.99 Å². The van der Waals surface area contributed by atoms with Gasteiger partial charge in [0.15, 0.2) is 0 Å². The van der Waals surface area contributed by atoms with Crippen molar-refractivity contribution < 1.29 is 0 Å². The van der Waals surface area contributed by atoms with Crippen LogP contribution in [0, 0.1) is 5.21 Å². The van der Waals surface area contributed by atoms with E-state index in [1.54, 1.807) is 32.6 Å². The van der Waals surface area contributed by atoms with Gasteiger partial charge in [-0.15, -0.1) is 0 Å². The third-order valence-electron chi connectivity index (χ3n) is 1.17. The van der Waals surface area contributed by atoms with Crippen LogP contribution in [-0.2, 0) is 0 Å². The molecule has 1 N–H and O–H groups in total. The highest BCUT2D eigenvalue weighted by atomic mass is 16.5. The molecule has 0 amide bonds. The Bertz CT molecular complexity index is 183. The van der Waals surface area contributed by atoms with Gasteiger partial charge >= 0.3 is 0 Å². The molecule has 1 aromatic rings. The molecule has 56 valence electrons. The fourth-order valence-corrected chi connectivity index (χ4v) is 0.665. The lowest BCUT2D eigenvalue weighted by molar-refractivity contribution is 0.414. The van der Waals surface area contributed by atoms with Gasteiger partial charge in [-0.2, -0.15) is 0 Å². The number of aromatic amines is 1. The predicted molar refractivity (Wildman–Crippen MR) is 40.3 cm³/mol. The third kappa shape index (κ3) is 1.29. The van der Waals surface area contributed by atoms with Crippen molar-refractivity contribution in [1.29, 1.82) is 0 Å². The molecule has 0 unspecified atom stereocenters. The van der Waals surface area contributed by atoms with E-state index in [2.05, 4.69) is 4.98 Å². The highest BCUT2D eigenvalue weighted by Crippen LogP contribution is 2.10. The average Bonchev–Trinajstić information content (AvgIpc) is 2.36. The molecule has 1 heterocycles. The smallest absolute Gasteiger partial charge is 0.0584 e. The number of anilines is 1. The zero-order valence-corrected chi connectivity index (χ0v) is 6.03. The largest absolute Gasteiger partial charge is 0.743 e. The summed E-state index contributed by atoms with van der Waals surface area (Å²) in [6, 6.07) is 1.72. The standard InChI is InChI=1S/C6H10N3O/c1-8(2)9(10)6-3-4-7-5-6/h3-5,7H,1-2H3/q-1. The molecule has 0 radical (unpaired) electrons. The minimum atomic E-state index is 0.616. The molecule has 0 spiro atoms. The van der Waals surface area contributed by atoms with Crippen LogP contribution in [0.15, 0.2) is 18.5 Å². The highest BCUT2D eigenvalue weighted by molar-refractivity contribution is 5.43. The van der Waals surface area contributed by atoms with Crippen molar-refractivity contribution in [2.24, 2.45) is 0 Å². The molecule has 0 aliphatic carbocycles. The van der Waals surface area contributed by atoms with Crippen LogP contribution in [-0.4, -0.2) is 24.1 Å². The van der Waals surface area contributed by atoms with Gasteiger partial charge in [-0.3, -0.25) is 0 Å². The average molecular weight is 140 g/mol. The van der Waals surface area contributed by atoms with Gasteiger partial charge < -0.3 is 15.4 Å². The van der Waals surface area contributed by atoms with E-state index < -0.39 is 0 Å². The van der Waals surface area contributed by atoms with E-state index >= 15 is 0 Å². The van der Waals surface area contributed by atoms with Gasteiger partial charge in [0.25, 0.3) is 0 Å². The van der Waals surface area contributed by atoms with Crippen LogP contribution in [0.25, 0.3) is 0 Å². The lowest BCUT2D eigenvalue weighted by Crippen LogP contribution is -2.30. The molecule has 0 aromatic carbocycles. The van der Waals surface area contributed by atoms with Gasteiger partial charge in [0.1, 0.15) is 0 Å². The Labute approximate surface area is 59.6 Å². The summed E-state index contributed by atoms with van der Waals surface area (Å²) in [5.41, 5.74) is 0.616. The second-order valence-electron chi connectivity index (χ2n) is 2.19. The summed E-state index contributed by atoms with van der Waals surface area (Å²) < 4.78 is 0. The maximum absolute atomic E-state index is 11.0. The lowest BCUT2D eigenvalue weighted by atomic mass is 10.5. The van der Waals surface area contributed by atoms with Crippen molar-refractivity contribution in [2.75, 3.05) is 19.3 Å². The summed E-state index contributed by atoms with van der Waals surface area (Å²) in [7, 11) is 3.39. The first-order valence-electron chi connectivity index (χ1n) is 2.99. The van der Waals surface area contributed by atoms with E-state index in [0.717, 1.165) is 5.17 Å². The van der Waals surface area contributed by atoms with E-state index in [-0.39, 0.29) is 0 Å². The Balaban J connectivity index is 2.68. The number of nitrogens with one attached hydrogen (secondary N) is 1. The maximum atomic E-state index is 11.0. The van der Waals surface area contributed by atoms with E-state index in [9.17, 15) is 5.21 Å². The zero-order valence-electron chi connectivity index (χ0n) is 6.03. The molecule has 1 aromatic heterocycles.